The molecule has 3 heterocycles. The van der Waals surface area contributed by atoms with Gasteiger partial charge in [0.1, 0.15) is 30.8 Å². The fourth-order valence-corrected chi connectivity index (χ4v) is 6.33. The first-order valence-corrected chi connectivity index (χ1v) is 16.4. The fourth-order valence-electron chi connectivity index (χ4n) is 6.33. The van der Waals surface area contributed by atoms with E-state index in [-0.39, 0.29) is 67.6 Å². The number of esters is 1. The maximum Gasteiger partial charge on any atom is 0.409 e. The van der Waals surface area contributed by atoms with Gasteiger partial charge < -0.3 is 29.0 Å². The molecule has 0 bridgehead atoms. The molecule has 50 heavy (non-hydrogen) atoms. The molecule has 262 valence electrons. The molecule has 3 N–H and O–H groups in total. The lowest BCUT2D eigenvalue weighted by atomic mass is 9.98. The van der Waals surface area contributed by atoms with Gasteiger partial charge in [0.25, 0.3) is 5.56 Å². The van der Waals surface area contributed by atoms with Gasteiger partial charge >= 0.3 is 12.1 Å². The van der Waals surface area contributed by atoms with Gasteiger partial charge in [-0.3, -0.25) is 29.3 Å². The highest BCUT2D eigenvalue weighted by molar-refractivity contribution is 5.89. The van der Waals surface area contributed by atoms with Crippen LogP contribution in [0.5, 0.6) is 0 Å². The zero-order valence-electron chi connectivity index (χ0n) is 27.7. The van der Waals surface area contributed by atoms with Gasteiger partial charge in [-0.1, -0.05) is 48.5 Å². The topological polar surface area (TPSA) is 195 Å². The molecule has 2 aliphatic rings. The molecule has 3 atom stereocenters. The van der Waals surface area contributed by atoms with E-state index in [1.54, 1.807) is 7.05 Å². The van der Waals surface area contributed by atoms with Gasteiger partial charge in [-0.15, -0.1) is 0 Å². The second-order valence-corrected chi connectivity index (χ2v) is 12.4. The minimum Gasteiger partial charge on any atom is -0.459 e. The highest BCUT2D eigenvalue weighted by Gasteiger charge is 2.39. The summed E-state index contributed by atoms with van der Waals surface area (Å²) in [6, 6.07) is 16.2. The van der Waals surface area contributed by atoms with E-state index in [1.165, 1.54) is 22.7 Å². The molecule has 1 aliphatic heterocycles. The molecule has 1 saturated heterocycles. The number of anilines is 1. The fraction of sp³-hybridized carbons (Fsp3) is 0.400. The van der Waals surface area contributed by atoms with E-state index in [0.29, 0.717) is 6.42 Å². The van der Waals surface area contributed by atoms with Crippen molar-refractivity contribution in [1.82, 2.24) is 24.4 Å². The molecular weight excluding hydrogens is 648 g/mol. The Hall–Kier alpha value is -5.41. The number of H-pyrrole nitrogens is 1. The quantitative estimate of drug-likeness (QED) is 0.175. The molecule has 4 aromatic rings. The van der Waals surface area contributed by atoms with Gasteiger partial charge in [-0.25, -0.2) is 9.78 Å². The van der Waals surface area contributed by atoms with Crippen LogP contribution in [0.2, 0.25) is 0 Å². The summed E-state index contributed by atoms with van der Waals surface area (Å²) in [6.45, 7) is 1.39. The standard InChI is InChI=1S/C35H38N6O9/c1-20(43)13-14-30(45)50-26-16-29(49-27(26)17-42)41-19-36-31-32(41)38-34(39-33(31)46)37-28(44)12-7-15-40(2)35(47)48-18-25-23-10-5-3-8-21(23)22-9-4-6-11-24(22)25/h3-6,8-11,19,25-27,29,42H,7,12-18H2,1-2H3,(H2,37,38,39,44,46)/t26-,27-,29-/m1/s1. The molecule has 15 heteroatoms. The molecule has 2 aromatic carbocycles. The summed E-state index contributed by atoms with van der Waals surface area (Å²) >= 11 is 0. The molecule has 6 rings (SSSR count). The number of aliphatic hydroxyl groups excluding tert-OH is 1. The van der Waals surface area contributed by atoms with Gasteiger partial charge in [0.2, 0.25) is 11.9 Å². The van der Waals surface area contributed by atoms with E-state index >= 15 is 0 Å². The Balaban J connectivity index is 1.01. The molecule has 0 saturated carbocycles. The van der Waals surface area contributed by atoms with Gasteiger partial charge in [0.05, 0.1) is 19.4 Å². The van der Waals surface area contributed by atoms with Crippen LogP contribution in [0.4, 0.5) is 10.7 Å². The molecule has 0 radical (unpaired) electrons. The van der Waals surface area contributed by atoms with Crippen molar-refractivity contribution in [2.75, 3.05) is 32.1 Å². The van der Waals surface area contributed by atoms with E-state index < -0.39 is 48.6 Å². The van der Waals surface area contributed by atoms with Crippen LogP contribution in [0, 0.1) is 0 Å². The lowest BCUT2D eigenvalue weighted by Gasteiger charge is -2.19. The van der Waals surface area contributed by atoms with Gasteiger partial charge in [0.15, 0.2) is 11.2 Å². The average molecular weight is 687 g/mol. The summed E-state index contributed by atoms with van der Waals surface area (Å²) in [7, 11) is 1.61. The number of rotatable bonds is 13. The van der Waals surface area contributed by atoms with E-state index in [4.69, 9.17) is 14.2 Å². The summed E-state index contributed by atoms with van der Waals surface area (Å²) in [4.78, 5) is 74.2. The lowest BCUT2D eigenvalue weighted by molar-refractivity contribution is -0.153. The number of aliphatic hydroxyl groups is 1. The Morgan fingerprint density at radius 1 is 1.06 bits per heavy atom. The second kappa shape index (κ2) is 15.0. The van der Waals surface area contributed by atoms with Crippen LogP contribution in [-0.4, -0.2) is 92.3 Å². The average Bonchev–Trinajstić information content (AvgIpc) is 3.80. The summed E-state index contributed by atoms with van der Waals surface area (Å²) in [5, 5.41) is 12.4. The number of ketones is 1. The van der Waals surface area contributed by atoms with Crippen molar-refractivity contribution in [3.05, 3.63) is 76.3 Å². The van der Waals surface area contributed by atoms with Crippen LogP contribution >= 0.6 is 0 Å². The van der Waals surface area contributed by atoms with Crippen molar-refractivity contribution in [1.29, 1.82) is 0 Å². The number of aromatic nitrogens is 4. The number of hydrogen-bond donors (Lipinski definition) is 3. The summed E-state index contributed by atoms with van der Waals surface area (Å²) in [5.74, 6) is -1.34. The first kappa shape index (κ1) is 34.5. The Morgan fingerprint density at radius 2 is 1.76 bits per heavy atom. The van der Waals surface area contributed by atoms with E-state index in [1.807, 2.05) is 24.3 Å². The number of Topliss-reactive ketones (excluding diaryl/α,β-unsaturated/α-hetero) is 1. The van der Waals surface area contributed by atoms with Crippen LogP contribution in [0.1, 0.15) is 62.3 Å². The number of nitrogens with zero attached hydrogens (tertiary/aromatic N) is 4. The van der Waals surface area contributed by atoms with Crippen molar-refractivity contribution in [3.8, 4) is 11.1 Å². The summed E-state index contributed by atoms with van der Waals surface area (Å²) < 4.78 is 18.5. The number of ether oxygens (including phenoxy) is 3. The largest absolute Gasteiger partial charge is 0.459 e. The molecule has 1 aliphatic carbocycles. The van der Waals surface area contributed by atoms with Crippen molar-refractivity contribution >= 4 is 40.9 Å². The summed E-state index contributed by atoms with van der Waals surface area (Å²) in [6.07, 6.45) is -1.13. The Kier molecular flexibility index (Phi) is 10.3. The van der Waals surface area contributed by atoms with Crippen LogP contribution in [-0.2, 0) is 28.6 Å². The molecule has 2 amide bonds. The number of hydrogen-bond acceptors (Lipinski definition) is 11. The van der Waals surface area contributed by atoms with Crippen LogP contribution < -0.4 is 10.9 Å². The molecule has 15 nitrogen and oxygen atoms in total. The van der Waals surface area contributed by atoms with Crippen molar-refractivity contribution in [2.24, 2.45) is 0 Å². The van der Waals surface area contributed by atoms with E-state index in [2.05, 4.69) is 44.5 Å². The zero-order valence-corrected chi connectivity index (χ0v) is 27.7. The highest BCUT2D eigenvalue weighted by atomic mass is 16.6. The Morgan fingerprint density at radius 3 is 2.44 bits per heavy atom. The Labute approximate surface area is 286 Å². The first-order chi connectivity index (χ1) is 24.1. The number of carbonyl (C=O) groups excluding carboxylic acids is 4. The van der Waals surface area contributed by atoms with Crippen molar-refractivity contribution in [2.45, 2.75) is 63.4 Å². The number of nitrogens with one attached hydrogen (secondary N) is 2. The van der Waals surface area contributed by atoms with E-state index in [9.17, 15) is 29.1 Å². The van der Waals surface area contributed by atoms with E-state index in [0.717, 1.165) is 22.3 Å². The third-order valence-corrected chi connectivity index (χ3v) is 8.87. The van der Waals surface area contributed by atoms with Gasteiger partial charge in [-0.05, 0) is 35.6 Å². The number of amides is 2. The maximum atomic E-state index is 12.8. The zero-order chi connectivity index (χ0) is 35.4. The van der Waals surface area contributed by atoms with Crippen LogP contribution in [0.25, 0.3) is 22.3 Å². The number of carbonyl (C=O) groups is 4. The Bertz CT molecular complexity index is 1930. The third kappa shape index (κ3) is 7.43. The minimum absolute atomic E-state index is 0.00114. The highest BCUT2D eigenvalue weighted by Crippen LogP contribution is 2.44. The van der Waals surface area contributed by atoms with Gasteiger partial charge in [0, 0.05) is 38.8 Å². The van der Waals surface area contributed by atoms with Crippen LogP contribution in [0.15, 0.2) is 59.7 Å². The van der Waals surface area contributed by atoms with Crippen molar-refractivity contribution < 1.29 is 38.5 Å². The SMILES string of the molecule is CC(=O)CCC(=O)O[C@@H]1C[C@H](n2cnc3c(=O)[nH]c(NC(=O)CCCN(C)C(=O)OCC4c5ccccc5-c5ccccc54)nc32)O[C@@H]1CO. The predicted octanol–water partition coefficient (Wildman–Crippen LogP) is 3.28. The number of fused-ring (bicyclic) bond motifs is 4. The lowest BCUT2D eigenvalue weighted by Crippen LogP contribution is -2.30. The molecule has 1 fully saturated rings. The monoisotopic (exact) mass is 686 g/mol. The smallest absolute Gasteiger partial charge is 0.409 e. The second-order valence-electron chi connectivity index (χ2n) is 12.4. The molecular formula is C35H38N6O9. The predicted molar refractivity (Wildman–Crippen MR) is 179 cm³/mol. The molecule has 2 aromatic heterocycles. The molecule has 0 spiro atoms. The van der Waals surface area contributed by atoms with Crippen molar-refractivity contribution in [3.63, 3.8) is 0 Å². The number of aromatic amines is 1. The first-order valence-electron chi connectivity index (χ1n) is 16.4. The number of benzene rings is 2. The maximum absolute atomic E-state index is 12.8. The molecule has 0 unspecified atom stereocenters. The van der Waals surface area contributed by atoms with Gasteiger partial charge in [-0.2, -0.15) is 4.98 Å². The van der Waals surface area contributed by atoms with Crippen LogP contribution in [0.3, 0.4) is 0 Å². The minimum atomic E-state index is -0.841. The third-order valence-electron chi connectivity index (χ3n) is 8.87. The number of imidazole rings is 1. The normalized spacial score (nSPS) is 18.0. The summed E-state index contributed by atoms with van der Waals surface area (Å²) in [5.41, 5.74) is 4.03.